The first-order valence-corrected chi connectivity index (χ1v) is 11.5. The van der Waals surface area contributed by atoms with Gasteiger partial charge >= 0.3 is 0 Å². The van der Waals surface area contributed by atoms with Crippen LogP contribution in [-0.2, 0) is 21.7 Å². The summed E-state index contributed by atoms with van der Waals surface area (Å²) in [4.78, 5) is 22.0. The van der Waals surface area contributed by atoms with Crippen LogP contribution in [0, 0.1) is 5.82 Å². The molecule has 0 aliphatic carbocycles. The van der Waals surface area contributed by atoms with Gasteiger partial charge in [0.05, 0.1) is 12.2 Å². The molecule has 3 aromatic heterocycles. The average Bonchev–Trinajstić information content (AvgIpc) is 3.60. The molecule has 37 heavy (non-hydrogen) atoms. The maximum absolute atomic E-state index is 14.4. The summed E-state index contributed by atoms with van der Waals surface area (Å²) >= 11 is 0. The highest BCUT2D eigenvalue weighted by Crippen LogP contribution is 2.28. The first kappa shape index (κ1) is 24.0. The van der Waals surface area contributed by atoms with Gasteiger partial charge in [-0.1, -0.05) is 53.7 Å². The lowest BCUT2D eigenvalue weighted by Crippen LogP contribution is -2.39. The van der Waals surface area contributed by atoms with E-state index in [4.69, 9.17) is 9.26 Å². The van der Waals surface area contributed by atoms with Gasteiger partial charge in [-0.15, -0.1) is 0 Å². The zero-order valence-electron chi connectivity index (χ0n) is 20.1. The third-order valence-electron chi connectivity index (χ3n) is 6.05. The molecule has 1 N–H and O–H groups in total. The van der Waals surface area contributed by atoms with E-state index in [1.54, 1.807) is 48.0 Å². The molecule has 0 bridgehead atoms. The van der Waals surface area contributed by atoms with Gasteiger partial charge in [0.25, 0.3) is 5.91 Å². The van der Waals surface area contributed by atoms with Crippen LogP contribution in [0.4, 0.5) is 10.2 Å². The number of hydrogen-bond acceptors (Lipinski definition) is 7. The minimum absolute atomic E-state index is 0.161. The Hall–Kier alpha value is -4.70. The first-order chi connectivity index (χ1) is 18.0. The number of rotatable bonds is 8. The molecule has 2 aromatic carbocycles. The van der Waals surface area contributed by atoms with Crippen LogP contribution in [0.5, 0.6) is 0 Å². The molecule has 0 radical (unpaired) electrons. The second-order valence-electron chi connectivity index (χ2n) is 8.37. The molecule has 0 aliphatic rings. The Kier molecular flexibility index (Phi) is 6.57. The van der Waals surface area contributed by atoms with Gasteiger partial charge in [0.15, 0.2) is 11.4 Å². The quantitative estimate of drug-likeness (QED) is 0.331. The number of hydrogen-bond donors (Lipinski definition) is 1. The SMILES string of the molecule is COC(C)(C(=O)Nc1ccnc(-c2cc(-c3ccon3)n(Cc3ccccc3F)n2)n1)c1ccccc1. The second-order valence-corrected chi connectivity index (χ2v) is 8.37. The van der Waals surface area contributed by atoms with Crippen LogP contribution >= 0.6 is 0 Å². The van der Waals surface area contributed by atoms with Crippen molar-refractivity contribution in [2.24, 2.45) is 0 Å². The molecule has 1 unspecified atom stereocenters. The van der Waals surface area contributed by atoms with Gasteiger partial charge in [-0.2, -0.15) is 5.10 Å². The third-order valence-corrected chi connectivity index (χ3v) is 6.05. The number of ether oxygens (including phenoxy) is 1. The lowest BCUT2D eigenvalue weighted by Gasteiger charge is -2.27. The van der Waals surface area contributed by atoms with Crippen LogP contribution in [0.1, 0.15) is 18.1 Å². The predicted octanol–water partition coefficient (Wildman–Crippen LogP) is 4.68. The number of halogens is 1. The number of carbonyl (C=O) groups excluding carboxylic acids is 1. The standard InChI is InChI=1S/C27H23FN6O3/c1-27(36-2,19-9-4-3-5-10-19)26(35)31-24-12-14-29-25(30-24)22-16-23(21-13-15-37-33-21)34(32-22)17-18-8-6-7-11-20(18)28/h3-16H,17H2,1-2H3,(H,29,30,31,35). The molecule has 10 heteroatoms. The van der Waals surface area contributed by atoms with Crippen molar-refractivity contribution in [3.05, 3.63) is 102 Å². The summed E-state index contributed by atoms with van der Waals surface area (Å²) in [7, 11) is 1.48. The molecular weight excluding hydrogens is 475 g/mol. The Labute approximate surface area is 211 Å². The normalized spacial score (nSPS) is 12.7. The molecule has 3 heterocycles. The maximum Gasteiger partial charge on any atom is 0.262 e. The summed E-state index contributed by atoms with van der Waals surface area (Å²) < 4.78 is 26.5. The summed E-state index contributed by atoms with van der Waals surface area (Å²) in [6, 6.07) is 20.7. The van der Waals surface area contributed by atoms with Crippen molar-refractivity contribution in [3.63, 3.8) is 0 Å². The second kappa shape index (κ2) is 10.1. The van der Waals surface area contributed by atoms with E-state index in [1.807, 2.05) is 30.3 Å². The summed E-state index contributed by atoms with van der Waals surface area (Å²) in [6.07, 6.45) is 2.97. The highest BCUT2D eigenvalue weighted by atomic mass is 19.1. The van der Waals surface area contributed by atoms with Crippen molar-refractivity contribution in [2.45, 2.75) is 19.1 Å². The number of amides is 1. The van der Waals surface area contributed by atoms with E-state index >= 15 is 0 Å². The van der Waals surface area contributed by atoms with Gasteiger partial charge < -0.3 is 14.6 Å². The van der Waals surface area contributed by atoms with E-state index in [9.17, 15) is 9.18 Å². The lowest BCUT2D eigenvalue weighted by atomic mass is 9.95. The minimum Gasteiger partial charge on any atom is -0.364 e. The number of benzene rings is 2. The molecule has 186 valence electrons. The van der Waals surface area contributed by atoms with Crippen molar-refractivity contribution < 1.29 is 18.4 Å². The van der Waals surface area contributed by atoms with Gasteiger partial charge in [0.2, 0.25) is 0 Å². The highest BCUT2D eigenvalue weighted by Gasteiger charge is 2.35. The topological polar surface area (TPSA) is 108 Å². The molecule has 0 spiro atoms. The molecule has 0 saturated carbocycles. The molecule has 5 rings (SSSR count). The fourth-order valence-electron chi connectivity index (χ4n) is 3.87. The zero-order chi connectivity index (χ0) is 25.8. The van der Waals surface area contributed by atoms with Crippen LogP contribution in [-0.4, -0.2) is 37.9 Å². The van der Waals surface area contributed by atoms with E-state index in [0.29, 0.717) is 28.2 Å². The Morgan fingerprint density at radius 1 is 1.08 bits per heavy atom. The van der Waals surface area contributed by atoms with E-state index < -0.39 is 5.60 Å². The van der Waals surface area contributed by atoms with Crippen LogP contribution in [0.25, 0.3) is 22.9 Å². The van der Waals surface area contributed by atoms with Gasteiger partial charge in [-0.3, -0.25) is 9.48 Å². The fraction of sp³-hybridized carbons (Fsp3) is 0.148. The molecule has 5 aromatic rings. The van der Waals surface area contributed by atoms with Crippen LogP contribution < -0.4 is 5.32 Å². The van der Waals surface area contributed by atoms with Crippen molar-refractivity contribution in [3.8, 4) is 22.9 Å². The molecular formula is C27H23FN6O3. The molecule has 1 atom stereocenters. The molecule has 0 aliphatic heterocycles. The highest BCUT2D eigenvalue weighted by molar-refractivity contribution is 5.97. The lowest BCUT2D eigenvalue weighted by molar-refractivity contribution is -0.136. The van der Waals surface area contributed by atoms with Crippen LogP contribution in [0.2, 0.25) is 0 Å². The van der Waals surface area contributed by atoms with Gasteiger partial charge in [-0.05, 0) is 30.7 Å². The smallest absolute Gasteiger partial charge is 0.262 e. The monoisotopic (exact) mass is 498 g/mol. The maximum atomic E-state index is 14.4. The fourth-order valence-corrected chi connectivity index (χ4v) is 3.87. The minimum atomic E-state index is -1.23. The molecule has 9 nitrogen and oxygen atoms in total. The van der Waals surface area contributed by atoms with E-state index in [0.717, 1.165) is 0 Å². The average molecular weight is 499 g/mol. The van der Waals surface area contributed by atoms with Gasteiger partial charge in [0.1, 0.15) is 29.3 Å². The van der Waals surface area contributed by atoms with Crippen molar-refractivity contribution in [2.75, 3.05) is 12.4 Å². The largest absolute Gasteiger partial charge is 0.364 e. The Bertz CT molecular complexity index is 1520. The predicted molar refractivity (Wildman–Crippen MR) is 134 cm³/mol. The first-order valence-electron chi connectivity index (χ1n) is 11.5. The van der Waals surface area contributed by atoms with Crippen molar-refractivity contribution in [1.29, 1.82) is 0 Å². The summed E-state index contributed by atoms with van der Waals surface area (Å²) in [5.74, 6) is -0.181. The Morgan fingerprint density at radius 3 is 2.59 bits per heavy atom. The number of aromatic nitrogens is 5. The molecule has 0 saturated heterocycles. The van der Waals surface area contributed by atoms with Gasteiger partial charge in [0, 0.05) is 24.9 Å². The van der Waals surface area contributed by atoms with Crippen molar-refractivity contribution >= 4 is 11.7 Å². The number of nitrogens with one attached hydrogen (secondary N) is 1. The zero-order valence-corrected chi connectivity index (χ0v) is 20.1. The summed E-state index contributed by atoms with van der Waals surface area (Å²) in [6.45, 7) is 1.85. The molecule has 0 fully saturated rings. The van der Waals surface area contributed by atoms with E-state index in [2.05, 4.69) is 25.5 Å². The van der Waals surface area contributed by atoms with Gasteiger partial charge in [-0.25, -0.2) is 14.4 Å². The summed E-state index contributed by atoms with van der Waals surface area (Å²) in [5, 5.41) is 11.4. The van der Waals surface area contributed by atoms with Crippen LogP contribution in [0.15, 0.2) is 89.8 Å². The number of nitrogens with zero attached hydrogens (tertiary/aromatic N) is 5. The molecule has 1 amide bonds. The summed E-state index contributed by atoms with van der Waals surface area (Å²) in [5.41, 5.74) is 1.48. The van der Waals surface area contributed by atoms with E-state index in [1.165, 1.54) is 25.6 Å². The number of anilines is 1. The number of carbonyl (C=O) groups is 1. The van der Waals surface area contributed by atoms with Crippen molar-refractivity contribution in [1.82, 2.24) is 24.9 Å². The number of methoxy groups -OCH3 is 1. The third kappa shape index (κ3) is 4.87. The van der Waals surface area contributed by atoms with E-state index in [-0.39, 0.29) is 29.9 Å². The Balaban J connectivity index is 1.46. The van der Waals surface area contributed by atoms with Crippen LogP contribution in [0.3, 0.4) is 0 Å². The Morgan fingerprint density at radius 2 is 1.86 bits per heavy atom.